The minimum Gasteiger partial charge on any atom is -0.424 e. The number of rotatable bonds is 7. The molecule has 0 saturated carbocycles. The van der Waals surface area contributed by atoms with Gasteiger partial charge in [-0.15, -0.1) is 0 Å². The van der Waals surface area contributed by atoms with Crippen molar-refractivity contribution in [1.82, 2.24) is 14.3 Å². The number of nitrogens with zero attached hydrogens (tertiary/aromatic N) is 6. The monoisotopic (exact) mass is 527 g/mol. The molecule has 1 amide bonds. The first-order valence-electron chi connectivity index (χ1n) is 10.3. The van der Waals surface area contributed by atoms with Crippen LogP contribution in [-0.4, -0.2) is 45.9 Å². The van der Waals surface area contributed by atoms with Crippen LogP contribution in [0.3, 0.4) is 0 Å². The molecule has 0 radical (unpaired) electrons. The lowest BCUT2D eigenvalue weighted by atomic mass is 9.94. The van der Waals surface area contributed by atoms with Gasteiger partial charge in [-0.3, -0.25) is 4.79 Å². The molecule has 15 heteroatoms. The van der Waals surface area contributed by atoms with E-state index in [0.29, 0.717) is 9.87 Å². The minimum atomic E-state index is -4.65. The number of halogens is 4. The molecule has 2 heterocycles. The SMILES string of the molecule is CC[C@](C)(N=C(N)N(C)[S-](=O)=NCC(F)(F)F)c1nc(NC(=O)c2ncc(C#N)cc2C)ccc1F. The number of nitrogens with one attached hydrogen (secondary N) is 1. The molecule has 0 aliphatic carbocycles. The average Bonchev–Trinajstić information content (AvgIpc) is 2.82. The summed E-state index contributed by atoms with van der Waals surface area (Å²) in [5.41, 5.74) is 4.92. The number of alkyl halides is 3. The van der Waals surface area contributed by atoms with E-state index in [1.165, 1.54) is 25.3 Å². The summed E-state index contributed by atoms with van der Waals surface area (Å²) >= 11 is 0. The highest BCUT2D eigenvalue weighted by Crippen LogP contribution is 2.31. The van der Waals surface area contributed by atoms with Crippen LogP contribution < -0.4 is 11.1 Å². The zero-order chi connectivity index (χ0) is 27.3. The summed E-state index contributed by atoms with van der Waals surface area (Å²) in [5, 5.41) is 11.4. The minimum absolute atomic E-state index is 0.0347. The number of nitrogens with two attached hydrogens (primary N) is 1. The fourth-order valence-electron chi connectivity index (χ4n) is 2.86. The Kier molecular flexibility index (Phi) is 8.92. The Morgan fingerprint density at radius 1 is 1.36 bits per heavy atom. The van der Waals surface area contributed by atoms with E-state index in [2.05, 4.69) is 24.6 Å². The van der Waals surface area contributed by atoms with E-state index in [4.69, 9.17) is 11.0 Å². The van der Waals surface area contributed by atoms with Gasteiger partial charge in [0.05, 0.1) is 5.56 Å². The van der Waals surface area contributed by atoms with E-state index in [0.717, 1.165) is 13.1 Å². The van der Waals surface area contributed by atoms with Gasteiger partial charge in [0.2, 0.25) is 0 Å². The lowest BCUT2D eigenvalue weighted by Crippen LogP contribution is -2.36. The molecule has 0 fully saturated rings. The Hall–Kier alpha value is -3.80. The van der Waals surface area contributed by atoms with Crippen molar-refractivity contribution < 1.29 is 26.6 Å². The molecule has 0 unspecified atom stereocenters. The number of anilines is 1. The number of hydrogen-bond acceptors (Lipinski definition) is 8. The molecule has 0 aliphatic rings. The summed E-state index contributed by atoms with van der Waals surface area (Å²) in [6.45, 7) is 3.05. The molecular formula is C21H23F4N8O2S-. The highest BCUT2D eigenvalue weighted by molar-refractivity contribution is 7.72. The average molecular weight is 528 g/mol. The van der Waals surface area contributed by atoms with Crippen LogP contribution in [0.2, 0.25) is 0 Å². The van der Waals surface area contributed by atoms with E-state index < -0.39 is 46.7 Å². The first-order chi connectivity index (χ1) is 16.7. The summed E-state index contributed by atoms with van der Waals surface area (Å²) in [6, 6.07) is 5.67. The van der Waals surface area contributed by atoms with Gasteiger partial charge in [-0.05, 0) is 51.1 Å². The van der Waals surface area contributed by atoms with Crippen LogP contribution in [0, 0.1) is 24.1 Å². The van der Waals surface area contributed by atoms with Crippen molar-refractivity contribution in [2.45, 2.75) is 38.9 Å². The number of carbonyl (C=O) groups is 1. The van der Waals surface area contributed by atoms with Crippen molar-refractivity contribution >= 4 is 28.5 Å². The second-order valence-corrected chi connectivity index (χ2v) is 8.98. The van der Waals surface area contributed by atoms with Crippen molar-refractivity contribution in [2.75, 3.05) is 18.9 Å². The van der Waals surface area contributed by atoms with Crippen LogP contribution in [-0.2, 0) is 20.5 Å². The van der Waals surface area contributed by atoms with Gasteiger partial charge in [0.25, 0.3) is 5.91 Å². The number of pyridine rings is 2. The number of aliphatic imine (C=N–C) groups is 1. The third kappa shape index (κ3) is 7.11. The van der Waals surface area contributed by atoms with Gasteiger partial charge >= 0.3 is 6.18 Å². The van der Waals surface area contributed by atoms with Gasteiger partial charge in [-0.25, -0.2) is 19.4 Å². The maximum Gasteiger partial charge on any atom is 0.405 e. The van der Waals surface area contributed by atoms with Crippen LogP contribution in [0.1, 0.15) is 47.6 Å². The Bertz CT molecular complexity index is 1300. The molecule has 0 aliphatic heterocycles. The molecule has 0 aromatic carbocycles. The van der Waals surface area contributed by atoms with Crippen LogP contribution in [0.5, 0.6) is 0 Å². The molecule has 0 bridgehead atoms. The predicted octanol–water partition coefficient (Wildman–Crippen LogP) is 3.54. The van der Waals surface area contributed by atoms with Crippen molar-refractivity contribution in [3.63, 3.8) is 0 Å². The molecule has 194 valence electrons. The molecule has 10 nitrogen and oxygen atoms in total. The van der Waals surface area contributed by atoms with Gasteiger partial charge in [0.1, 0.15) is 41.2 Å². The van der Waals surface area contributed by atoms with E-state index in [-0.39, 0.29) is 29.2 Å². The third-order valence-electron chi connectivity index (χ3n) is 4.98. The number of nitriles is 1. The number of guanidine groups is 1. The van der Waals surface area contributed by atoms with Gasteiger partial charge < -0.3 is 23.9 Å². The number of aromatic nitrogens is 2. The molecule has 36 heavy (non-hydrogen) atoms. The van der Waals surface area contributed by atoms with Gasteiger partial charge in [-0.2, -0.15) is 18.4 Å². The van der Waals surface area contributed by atoms with Crippen LogP contribution in [0.25, 0.3) is 0 Å². The summed E-state index contributed by atoms with van der Waals surface area (Å²) < 4.78 is 67.6. The molecule has 2 aromatic heterocycles. The van der Waals surface area contributed by atoms with Gasteiger partial charge in [-0.1, -0.05) is 17.7 Å². The van der Waals surface area contributed by atoms with E-state index in [1.807, 2.05) is 6.07 Å². The van der Waals surface area contributed by atoms with Crippen LogP contribution in [0.4, 0.5) is 23.4 Å². The van der Waals surface area contributed by atoms with Crippen LogP contribution >= 0.6 is 0 Å². The lowest BCUT2D eigenvalue weighted by Gasteiger charge is -2.29. The largest absolute Gasteiger partial charge is 0.424 e. The molecule has 2 aromatic rings. The topological polar surface area (TPSA) is 150 Å². The lowest BCUT2D eigenvalue weighted by molar-refractivity contribution is -0.117. The second-order valence-electron chi connectivity index (χ2n) is 7.71. The van der Waals surface area contributed by atoms with E-state index >= 15 is 0 Å². The third-order valence-corrected chi connectivity index (χ3v) is 5.99. The van der Waals surface area contributed by atoms with Crippen molar-refractivity contribution in [3.05, 3.63) is 52.7 Å². The highest BCUT2D eigenvalue weighted by Gasteiger charge is 2.30. The molecule has 3 N–H and O–H groups in total. The van der Waals surface area contributed by atoms with Crippen molar-refractivity contribution in [2.24, 2.45) is 15.1 Å². The zero-order valence-electron chi connectivity index (χ0n) is 19.7. The number of amides is 1. The first-order valence-corrected chi connectivity index (χ1v) is 11.4. The van der Waals surface area contributed by atoms with E-state index in [9.17, 15) is 26.6 Å². The summed E-state index contributed by atoms with van der Waals surface area (Å²) in [4.78, 5) is 24.9. The smallest absolute Gasteiger partial charge is 0.405 e. The summed E-state index contributed by atoms with van der Waals surface area (Å²) in [5.74, 6) is -1.93. The molecule has 0 spiro atoms. The second kappa shape index (κ2) is 11.3. The summed E-state index contributed by atoms with van der Waals surface area (Å²) in [7, 11) is -1.37. The quantitative estimate of drug-likeness (QED) is 0.243. The maximum atomic E-state index is 14.8. The number of hydrogen-bond donors (Lipinski definition) is 2. The Balaban J connectivity index is 2.37. The maximum absolute atomic E-state index is 14.8. The standard InChI is InChI=1S/C21H23F4N8O2S/c1-5-20(3,32-19(27)33(4)36(35)29-11-21(23,24)25)17-14(22)6-7-15(30-17)31-18(34)16-12(2)8-13(9-26)10-28-16/h6-8,10H,5,11H2,1-4H3,(H2,27,32)(H,30,31,34)/q-1/t20-/m0/s1. The van der Waals surface area contributed by atoms with Crippen molar-refractivity contribution in [3.8, 4) is 6.07 Å². The Morgan fingerprint density at radius 2 is 2.03 bits per heavy atom. The zero-order valence-corrected chi connectivity index (χ0v) is 20.5. The molecule has 2 rings (SSSR count). The van der Waals surface area contributed by atoms with Crippen LogP contribution in [0.15, 0.2) is 33.8 Å². The number of aryl methyl sites for hydroxylation is 1. The predicted molar refractivity (Wildman–Crippen MR) is 124 cm³/mol. The summed E-state index contributed by atoms with van der Waals surface area (Å²) in [6.07, 6.45) is -3.28. The molecule has 1 atom stereocenters. The Labute approximate surface area is 206 Å². The van der Waals surface area contributed by atoms with Gasteiger partial charge in [0.15, 0.2) is 5.96 Å². The van der Waals surface area contributed by atoms with Gasteiger partial charge in [0, 0.05) is 6.20 Å². The van der Waals surface area contributed by atoms with E-state index in [1.54, 1.807) is 13.8 Å². The van der Waals surface area contributed by atoms with Crippen molar-refractivity contribution in [1.29, 1.82) is 5.26 Å². The normalized spacial score (nSPS) is 14.6. The number of carbonyl (C=O) groups excluding carboxylic acids is 1. The molecule has 0 saturated heterocycles. The first kappa shape index (κ1) is 28.4. The fourth-order valence-corrected chi connectivity index (χ4v) is 3.49. The fraction of sp³-hybridized carbons (Fsp3) is 0.381. The molecular weight excluding hydrogens is 504 g/mol. The highest BCUT2D eigenvalue weighted by atomic mass is 32.2. The Morgan fingerprint density at radius 3 is 2.58 bits per heavy atom.